The SMILES string of the molecule is FC(F)(CC(CCI)C(F)(F)F)CC(F)(C(F)(F)F)C(F)(F)F. The Morgan fingerprint density at radius 1 is 0.696 bits per heavy atom. The van der Waals surface area contributed by atoms with Crippen molar-refractivity contribution < 1.29 is 52.7 Å². The van der Waals surface area contributed by atoms with Gasteiger partial charge in [0, 0.05) is 10.8 Å². The zero-order valence-corrected chi connectivity index (χ0v) is 13.0. The van der Waals surface area contributed by atoms with Crippen molar-refractivity contribution in [2.45, 2.75) is 49.4 Å². The Hall–Kier alpha value is -0.110. The monoisotopic (exact) mass is 484 g/mol. The van der Waals surface area contributed by atoms with Crippen LogP contribution >= 0.6 is 22.6 Å². The second-order valence-corrected chi connectivity index (χ2v) is 5.83. The molecule has 0 N–H and O–H groups in total. The average molecular weight is 484 g/mol. The van der Waals surface area contributed by atoms with Crippen LogP contribution in [-0.4, -0.2) is 34.5 Å². The molecule has 0 amide bonds. The van der Waals surface area contributed by atoms with Gasteiger partial charge in [0.05, 0.1) is 12.3 Å². The summed E-state index contributed by atoms with van der Waals surface area (Å²) >= 11 is 1.37. The van der Waals surface area contributed by atoms with Crippen LogP contribution in [0.4, 0.5) is 52.7 Å². The lowest BCUT2D eigenvalue weighted by Gasteiger charge is -2.34. The van der Waals surface area contributed by atoms with Gasteiger partial charge in [0.2, 0.25) is 0 Å². The van der Waals surface area contributed by atoms with Crippen molar-refractivity contribution in [3.8, 4) is 0 Å². The largest absolute Gasteiger partial charge is 0.431 e. The van der Waals surface area contributed by atoms with E-state index in [1.807, 2.05) is 0 Å². The molecule has 0 saturated carbocycles. The zero-order chi connectivity index (χ0) is 18.9. The minimum Gasteiger partial charge on any atom is -0.223 e. The van der Waals surface area contributed by atoms with Crippen LogP contribution in [0, 0.1) is 5.92 Å². The molecule has 0 rings (SSSR count). The standard InChI is InChI=1S/C10H9F12I/c11-6(12,3-5(1-2-23)8(14,15)16)4-7(13,9(17,18)19)10(20,21)22/h5H,1-4H2. The summed E-state index contributed by atoms with van der Waals surface area (Å²) in [5.41, 5.74) is -6.30. The number of alkyl halides is 13. The summed E-state index contributed by atoms with van der Waals surface area (Å²) in [6.45, 7) is 0. The lowest BCUT2D eigenvalue weighted by atomic mass is 9.89. The van der Waals surface area contributed by atoms with Crippen LogP contribution in [0.5, 0.6) is 0 Å². The fraction of sp³-hybridized carbons (Fsp3) is 1.00. The third-order valence-corrected chi connectivity index (χ3v) is 3.49. The molecule has 0 aliphatic carbocycles. The molecule has 0 aromatic heterocycles. The van der Waals surface area contributed by atoms with Crippen molar-refractivity contribution in [2.24, 2.45) is 5.92 Å². The molecule has 23 heavy (non-hydrogen) atoms. The highest BCUT2D eigenvalue weighted by Gasteiger charge is 2.75. The number of halogens is 13. The number of hydrogen-bond donors (Lipinski definition) is 0. The smallest absolute Gasteiger partial charge is 0.223 e. The highest BCUT2D eigenvalue weighted by Crippen LogP contribution is 2.53. The Bertz CT molecular complexity index is 365. The van der Waals surface area contributed by atoms with Gasteiger partial charge in [-0.2, -0.15) is 39.5 Å². The van der Waals surface area contributed by atoms with Crippen molar-refractivity contribution in [3.05, 3.63) is 0 Å². The summed E-state index contributed by atoms with van der Waals surface area (Å²) in [6.07, 6.45) is -25.5. The van der Waals surface area contributed by atoms with Crippen molar-refractivity contribution >= 4 is 22.6 Å². The summed E-state index contributed by atoms with van der Waals surface area (Å²) in [5, 5.41) is 0. The van der Waals surface area contributed by atoms with E-state index in [0.717, 1.165) is 0 Å². The summed E-state index contributed by atoms with van der Waals surface area (Å²) in [4.78, 5) is 0. The molecule has 0 aromatic rings. The lowest BCUT2D eigenvalue weighted by molar-refractivity contribution is -0.355. The summed E-state index contributed by atoms with van der Waals surface area (Å²) in [7, 11) is 0. The van der Waals surface area contributed by atoms with Crippen LogP contribution in [0.15, 0.2) is 0 Å². The van der Waals surface area contributed by atoms with E-state index in [9.17, 15) is 52.7 Å². The van der Waals surface area contributed by atoms with Gasteiger partial charge in [0.25, 0.3) is 5.92 Å². The van der Waals surface area contributed by atoms with E-state index in [0.29, 0.717) is 0 Å². The maximum absolute atomic E-state index is 13.3. The predicted molar refractivity (Wildman–Crippen MR) is 63.2 cm³/mol. The Morgan fingerprint density at radius 3 is 1.35 bits per heavy atom. The Labute approximate surface area is 135 Å². The van der Waals surface area contributed by atoms with Crippen LogP contribution in [0.3, 0.4) is 0 Å². The van der Waals surface area contributed by atoms with E-state index >= 15 is 0 Å². The molecule has 0 bridgehead atoms. The molecule has 0 spiro atoms. The number of rotatable bonds is 6. The van der Waals surface area contributed by atoms with Crippen molar-refractivity contribution in [1.29, 1.82) is 0 Å². The highest BCUT2D eigenvalue weighted by molar-refractivity contribution is 14.1. The van der Waals surface area contributed by atoms with Crippen LogP contribution in [0.25, 0.3) is 0 Å². The molecular weight excluding hydrogens is 475 g/mol. The zero-order valence-electron chi connectivity index (χ0n) is 10.8. The third-order valence-electron chi connectivity index (χ3n) is 2.87. The maximum Gasteiger partial charge on any atom is 0.431 e. The Morgan fingerprint density at radius 2 is 1.09 bits per heavy atom. The normalized spacial score (nSPS) is 16.6. The molecule has 0 aliphatic rings. The van der Waals surface area contributed by atoms with Gasteiger partial charge in [-0.25, -0.2) is 13.2 Å². The summed E-state index contributed by atoms with van der Waals surface area (Å²) in [5.74, 6) is -8.01. The molecule has 0 aromatic carbocycles. The van der Waals surface area contributed by atoms with E-state index in [2.05, 4.69) is 0 Å². The molecule has 140 valence electrons. The van der Waals surface area contributed by atoms with Gasteiger partial charge < -0.3 is 0 Å². The first-order chi connectivity index (χ1) is 9.87. The second kappa shape index (κ2) is 7.02. The van der Waals surface area contributed by atoms with Gasteiger partial charge in [-0.05, 0) is 6.42 Å². The van der Waals surface area contributed by atoms with Crippen molar-refractivity contribution in [2.75, 3.05) is 4.43 Å². The van der Waals surface area contributed by atoms with E-state index in [4.69, 9.17) is 0 Å². The first-order valence-electron chi connectivity index (χ1n) is 5.70. The minimum atomic E-state index is -6.74. The lowest BCUT2D eigenvalue weighted by Crippen LogP contribution is -2.56. The molecule has 13 heteroatoms. The van der Waals surface area contributed by atoms with E-state index in [1.165, 1.54) is 22.6 Å². The van der Waals surface area contributed by atoms with E-state index in [1.54, 1.807) is 0 Å². The van der Waals surface area contributed by atoms with Gasteiger partial charge in [-0.1, -0.05) is 22.6 Å². The molecule has 0 aliphatic heterocycles. The van der Waals surface area contributed by atoms with Gasteiger partial charge in [0.1, 0.15) is 0 Å². The van der Waals surface area contributed by atoms with Crippen LogP contribution < -0.4 is 0 Å². The Kier molecular flexibility index (Phi) is 6.99. The topological polar surface area (TPSA) is 0 Å². The first kappa shape index (κ1) is 22.9. The quantitative estimate of drug-likeness (QED) is 0.238. The fourth-order valence-electron chi connectivity index (χ4n) is 1.66. The summed E-state index contributed by atoms with van der Waals surface area (Å²) in [6, 6.07) is 0. The molecule has 1 unspecified atom stereocenters. The predicted octanol–water partition coefficient (Wildman–Crippen LogP) is 6.24. The van der Waals surface area contributed by atoms with E-state index in [-0.39, 0.29) is 4.43 Å². The first-order valence-corrected chi connectivity index (χ1v) is 7.23. The molecule has 1 atom stereocenters. The number of hydrogen-bond acceptors (Lipinski definition) is 0. The van der Waals surface area contributed by atoms with Gasteiger partial charge in [-0.3, -0.25) is 0 Å². The van der Waals surface area contributed by atoms with Crippen LogP contribution in [0.1, 0.15) is 19.3 Å². The van der Waals surface area contributed by atoms with Gasteiger partial charge in [-0.15, -0.1) is 0 Å². The molecule has 0 saturated heterocycles. The minimum absolute atomic E-state index is 0.322. The molecule has 0 nitrogen and oxygen atoms in total. The molecule has 0 fully saturated rings. The van der Waals surface area contributed by atoms with E-state index < -0.39 is 55.3 Å². The summed E-state index contributed by atoms with van der Waals surface area (Å²) < 4.78 is 150. The van der Waals surface area contributed by atoms with Crippen molar-refractivity contribution in [1.82, 2.24) is 0 Å². The molecular formula is C10H9F12I. The van der Waals surface area contributed by atoms with Gasteiger partial charge >= 0.3 is 24.2 Å². The second-order valence-electron chi connectivity index (χ2n) is 4.75. The fourth-order valence-corrected chi connectivity index (χ4v) is 2.42. The van der Waals surface area contributed by atoms with Crippen LogP contribution in [0.2, 0.25) is 0 Å². The average Bonchev–Trinajstić information content (AvgIpc) is 2.22. The molecule has 0 heterocycles. The highest BCUT2D eigenvalue weighted by atomic mass is 127. The maximum atomic E-state index is 13.3. The Balaban J connectivity index is 5.50. The third kappa shape index (κ3) is 6.03. The molecule has 0 radical (unpaired) electrons. The van der Waals surface area contributed by atoms with Crippen LogP contribution in [-0.2, 0) is 0 Å². The van der Waals surface area contributed by atoms with Crippen molar-refractivity contribution in [3.63, 3.8) is 0 Å². The van der Waals surface area contributed by atoms with Gasteiger partial charge in [0.15, 0.2) is 0 Å².